The number of rotatable bonds is 2. The zero-order valence-electron chi connectivity index (χ0n) is 16.3. The van der Waals surface area contributed by atoms with E-state index in [-0.39, 0.29) is 28.6 Å². The number of fused-ring (bicyclic) bond motifs is 2. The summed E-state index contributed by atoms with van der Waals surface area (Å²) in [6.45, 7) is 6.68. The highest BCUT2D eigenvalue weighted by Crippen LogP contribution is 2.15. The Bertz CT molecular complexity index is 1180. The first-order valence-electron chi connectivity index (χ1n) is 9.47. The average Bonchev–Trinajstić information content (AvgIpc) is 2.67. The second-order valence-electron chi connectivity index (χ2n) is 7.55. The Balaban J connectivity index is 1.98. The predicted molar refractivity (Wildman–Crippen MR) is 107 cm³/mol. The first-order chi connectivity index (χ1) is 13.4. The largest absolute Gasteiger partial charge is 0.336 e. The Morgan fingerprint density at radius 3 is 2.57 bits per heavy atom. The first-order valence-corrected chi connectivity index (χ1v) is 9.47. The average molecular weight is 380 g/mol. The number of hydrogen-bond acceptors (Lipinski definition) is 5. The highest BCUT2D eigenvalue weighted by atomic mass is 16.2. The smallest absolute Gasteiger partial charge is 0.267 e. The molecule has 1 amide bonds. The van der Waals surface area contributed by atoms with Crippen LogP contribution in [-0.2, 0) is 0 Å². The summed E-state index contributed by atoms with van der Waals surface area (Å²) in [5.41, 5.74) is 1.07. The van der Waals surface area contributed by atoms with Gasteiger partial charge in [-0.1, -0.05) is 6.07 Å². The monoisotopic (exact) mass is 380 g/mol. The zero-order chi connectivity index (χ0) is 20.0. The quantitative estimate of drug-likeness (QED) is 0.675. The van der Waals surface area contributed by atoms with Crippen LogP contribution in [0.2, 0.25) is 0 Å². The summed E-state index contributed by atoms with van der Waals surface area (Å²) >= 11 is 0. The van der Waals surface area contributed by atoms with Crippen molar-refractivity contribution < 1.29 is 4.79 Å². The van der Waals surface area contributed by atoms with E-state index in [1.165, 1.54) is 4.40 Å². The van der Waals surface area contributed by atoms with Crippen molar-refractivity contribution >= 4 is 22.6 Å². The number of likely N-dealkylation sites (N-methyl/N-ethyl adjacent to an activating group) is 1. The molecule has 0 aliphatic carbocycles. The molecule has 4 rings (SSSR count). The fourth-order valence-electron chi connectivity index (χ4n) is 3.70. The van der Waals surface area contributed by atoms with Gasteiger partial charge in [-0.25, -0.2) is 4.98 Å². The summed E-state index contributed by atoms with van der Waals surface area (Å²) in [5, 5.41) is 9.04. The molecule has 146 valence electrons. The van der Waals surface area contributed by atoms with Crippen molar-refractivity contribution in [2.24, 2.45) is 0 Å². The van der Waals surface area contributed by atoms with Gasteiger partial charge in [-0.2, -0.15) is 0 Å². The highest BCUT2D eigenvalue weighted by molar-refractivity contribution is 5.97. The molecular formula is C20H24N6O2. The highest BCUT2D eigenvalue weighted by Gasteiger charge is 2.24. The van der Waals surface area contributed by atoms with E-state index in [9.17, 15) is 9.59 Å². The minimum atomic E-state index is -0.234. The maximum atomic E-state index is 13.2. The van der Waals surface area contributed by atoms with E-state index in [0.29, 0.717) is 29.8 Å². The van der Waals surface area contributed by atoms with Gasteiger partial charge in [0.25, 0.3) is 11.5 Å². The maximum Gasteiger partial charge on any atom is 0.267 e. The summed E-state index contributed by atoms with van der Waals surface area (Å²) in [6.07, 6.45) is 1.67. The van der Waals surface area contributed by atoms with Gasteiger partial charge in [0.1, 0.15) is 16.8 Å². The summed E-state index contributed by atoms with van der Waals surface area (Å²) in [4.78, 5) is 34.8. The molecule has 0 saturated carbocycles. The number of hydrogen-bond donors (Lipinski definition) is 1. The molecule has 0 spiro atoms. The lowest BCUT2D eigenvalue weighted by molar-refractivity contribution is 0.0661. The van der Waals surface area contributed by atoms with Crippen molar-refractivity contribution in [2.45, 2.75) is 19.9 Å². The Hall–Kier alpha value is -3.00. The summed E-state index contributed by atoms with van der Waals surface area (Å²) in [7, 11) is 2.03. The topological polar surface area (TPSA) is 86.7 Å². The minimum Gasteiger partial charge on any atom is -0.336 e. The van der Waals surface area contributed by atoms with Crippen molar-refractivity contribution in [2.75, 3.05) is 33.2 Å². The number of nitrogens with one attached hydrogen (secondary N) is 1. The molecule has 4 heterocycles. The van der Waals surface area contributed by atoms with Crippen LogP contribution < -0.4 is 11.0 Å². The van der Waals surface area contributed by atoms with Gasteiger partial charge < -0.3 is 14.4 Å². The molecule has 1 N–H and O–H groups in total. The third-order valence-corrected chi connectivity index (χ3v) is 5.30. The number of nitrogens with zero attached hydrogens (tertiary/aromatic N) is 5. The molecule has 1 aliphatic rings. The maximum absolute atomic E-state index is 13.2. The summed E-state index contributed by atoms with van der Waals surface area (Å²) in [5.74, 6) is -0.202. The number of carbonyl (C=O) groups is 1. The van der Waals surface area contributed by atoms with E-state index in [4.69, 9.17) is 5.41 Å². The zero-order valence-corrected chi connectivity index (χ0v) is 16.3. The molecule has 1 saturated heterocycles. The molecule has 0 atom stereocenters. The van der Waals surface area contributed by atoms with E-state index in [1.807, 2.05) is 27.0 Å². The summed E-state index contributed by atoms with van der Waals surface area (Å²) < 4.78 is 3.15. The molecule has 0 unspecified atom stereocenters. The van der Waals surface area contributed by atoms with Crippen molar-refractivity contribution in [1.29, 1.82) is 5.41 Å². The second-order valence-corrected chi connectivity index (χ2v) is 7.55. The predicted octanol–water partition coefficient (Wildman–Crippen LogP) is 1.10. The molecule has 1 fully saturated rings. The summed E-state index contributed by atoms with van der Waals surface area (Å²) in [6, 6.07) is 6.78. The van der Waals surface area contributed by atoms with E-state index in [0.717, 1.165) is 13.1 Å². The van der Waals surface area contributed by atoms with Crippen molar-refractivity contribution in [3.63, 3.8) is 0 Å². The lowest BCUT2D eigenvalue weighted by atomic mass is 10.1. The van der Waals surface area contributed by atoms with Crippen molar-refractivity contribution in [1.82, 2.24) is 23.8 Å². The Morgan fingerprint density at radius 1 is 1.18 bits per heavy atom. The van der Waals surface area contributed by atoms with Gasteiger partial charge in [0.15, 0.2) is 0 Å². The normalized spacial score (nSPS) is 15.6. The van der Waals surface area contributed by atoms with Crippen LogP contribution in [0.5, 0.6) is 0 Å². The fourth-order valence-corrected chi connectivity index (χ4v) is 3.70. The molecule has 0 bridgehead atoms. The standard InChI is InChI=1S/C20H24N6O2/c1-13(2)26-17(21)14(19(27)24-10-8-23(3)9-11-24)12-15-18(26)22-16-6-4-5-7-25(16)20(15)28/h4-7,12-13,21H,8-11H2,1-3H3. The first kappa shape index (κ1) is 18.4. The van der Waals surface area contributed by atoms with Crippen LogP contribution in [-0.4, -0.2) is 62.9 Å². The third kappa shape index (κ3) is 2.90. The molecule has 28 heavy (non-hydrogen) atoms. The van der Waals surface area contributed by atoms with Gasteiger partial charge in [-0.15, -0.1) is 0 Å². The van der Waals surface area contributed by atoms with Crippen molar-refractivity contribution in [3.8, 4) is 0 Å². The van der Waals surface area contributed by atoms with Gasteiger partial charge in [-0.05, 0) is 39.1 Å². The van der Waals surface area contributed by atoms with Gasteiger partial charge >= 0.3 is 0 Å². The lowest BCUT2D eigenvalue weighted by Crippen LogP contribution is -2.48. The van der Waals surface area contributed by atoms with E-state index in [1.54, 1.807) is 33.9 Å². The molecule has 8 heteroatoms. The second kappa shape index (κ2) is 6.87. The molecular weight excluding hydrogens is 356 g/mol. The van der Waals surface area contributed by atoms with Gasteiger partial charge in [0, 0.05) is 38.4 Å². The minimum absolute atomic E-state index is 0.0959. The molecule has 0 radical (unpaired) electrons. The van der Waals surface area contributed by atoms with Crippen LogP contribution in [0.4, 0.5) is 0 Å². The number of aromatic nitrogens is 3. The molecule has 3 aromatic heterocycles. The molecule has 3 aromatic rings. The van der Waals surface area contributed by atoms with Crippen LogP contribution in [0.15, 0.2) is 35.3 Å². The van der Waals surface area contributed by atoms with Crippen LogP contribution in [0.1, 0.15) is 30.2 Å². The van der Waals surface area contributed by atoms with Gasteiger partial charge in [0.05, 0.1) is 10.9 Å². The van der Waals surface area contributed by atoms with E-state index < -0.39 is 0 Å². The lowest BCUT2D eigenvalue weighted by Gasteiger charge is -2.32. The SMILES string of the molecule is CC(C)n1c(=N)c(C(=O)N2CCN(C)CC2)cc2c(=O)n3ccccc3nc21. The van der Waals surface area contributed by atoms with Crippen LogP contribution >= 0.6 is 0 Å². The Kier molecular flexibility index (Phi) is 4.50. The van der Waals surface area contributed by atoms with Gasteiger partial charge in [0.2, 0.25) is 0 Å². The van der Waals surface area contributed by atoms with E-state index in [2.05, 4.69) is 9.88 Å². The number of piperazine rings is 1. The number of amides is 1. The number of pyridine rings is 2. The molecule has 8 nitrogen and oxygen atoms in total. The fraction of sp³-hybridized carbons (Fsp3) is 0.400. The van der Waals surface area contributed by atoms with Crippen molar-refractivity contribution in [3.05, 3.63) is 51.9 Å². The van der Waals surface area contributed by atoms with Gasteiger partial charge in [-0.3, -0.25) is 19.4 Å². The Morgan fingerprint density at radius 2 is 1.89 bits per heavy atom. The number of carbonyl (C=O) groups excluding carboxylic acids is 1. The van der Waals surface area contributed by atoms with E-state index >= 15 is 0 Å². The van der Waals surface area contributed by atoms with Crippen LogP contribution in [0.3, 0.4) is 0 Å². The molecule has 1 aliphatic heterocycles. The van der Waals surface area contributed by atoms with Crippen LogP contribution in [0, 0.1) is 5.41 Å². The molecule has 0 aromatic carbocycles. The van der Waals surface area contributed by atoms with Crippen LogP contribution in [0.25, 0.3) is 16.7 Å². The Labute approximate surface area is 162 Å². The third-order valence-electron chi connectivity index (χ3n) is 5.30.